The van der Waals surface area contributed by atoms with Crippen LogP contribution in [0, 0.1) is 6.92 Å². The Balaban J connectivity index is 2.01. The van der Waals surface area contributed by atoms with Gasteiger partial charge in [-0.2, -0.15) is 0 Å². The van der Waals surface area contributed by atoms with Gasteiger partial charge in [0.25, 0.3) is 5.56 Å². The first kappa shape index (κ1) is 19.8. The number of hydrogen-bond acceptors (Lipinski definition) is 4. The first-order valence-corrected chi connectivity index (χ1v) is 9.09. The Morgan fingerprint density at radius 1 is 1.21 bits per heavy atom. The summed E-state index contributed by atoms with van der Waals surface area (Å²) in [5, 5.41) is 3.07. The number of nitrogens with zero attached hydrogens (tertiary/aromatic N) is 3. The third-order valence-electron chi connectivity index (χ3n) is 4.71. The molecular formula is C19H21ClN4O4. The number of halogens is 1. The van der Waals surface area contributed by atoms with E-state index in [1.165, 1.54) is 11.7 Å². The van der Waals surface area contributed by atoms with E-state index in [-0.39, 0.29) is 18.6 Å². The maximum atomic E-state index is 12.8. The van der Waals surface area contributed by atoms with Crippen LogP contribution in [0.25, 0.3) is 11.0 Å². The molecule has 0 atom stereocenters. The number of benzene rings is 1. The predicted molar refractivity (Wildman–Crippen MR) is 108 cm³/mol. The van der Waals surface area contributed by atoms with Gasteiger partial charge in [0, 0.05) is 25.0 Å². The number of carbonyl (C=O) groups is 1. The molecule has 3 rings (SSSR count). The molecule has 0 fully saturated rings. The van der Waals surface area contributed by atoms with E-state index in [0.717, 1.165) is 10.3 Å². The highest BCUT2D eigenvalue weighted by Gasteiger charge is 2.18. The third kappa shape index (κ3) is 3.31. The minimum atomic E-state index is -0.520. The molecule has 1 aromatic carbocycles. The lowest BCUT2D eigenvalue weighted by Gasteiger charge is -2.12. The second-order valence-corrected chi connectivity index (χ2v) is 6.80. The molecule has 0 aliphatic rings. The van der Waals surface area contributed by atoms with Crippen molar-refractivity contribution in [1.82, 2.24) is 13.7 Å². The molecule has 0 saturated carbocycles. The van der Waals surface area contributed by atoms with Gasteiger partial charge in [-0.25, -0.2) is 4.79 Å². The van der Waals surface area contributed by atoms with Crippen molar-refractivity contribution in [2.45, 2.75) is 26.9 Å². The van der Waals surface area contributed by atoms with Crippen LogP contribution >= 0.6 is 11.6 Å². The summed E-state index contributed by atoms with van der Waals surface area (Å²) in [6, 6.07) is 6.59. The van der Waals surface area contributed by atoms with Gasteiger partial charge in [-0.05, 0) is 38.1 Å². The highest BCUT2D eigenvalue weighted by molar-refractivity contribution is 6.32. The Kier molecular flexibility index (Phi) is 5.33. The number of ether oxygens (including phenoxy) is 1. The molecule has 1 N–H and O–H groups in total. The number of aromatic nitrogens is 3. The van der Waals surface area contributed by atoms with Gasteiger partial charge < -0.3 is 14.6 Å². The number of hydrogen-bond donors (Lipinski definition) is 1. The molecule has 0 radical (unpaired) electrons. The fraction of sp³-hybridized carbons (Fsp3) is 0.316. The quantitative estimate of drug-likeness (QED) is 0.705. The van der Waals surface area contributed by atoms with E-state index in [1.54, 1.807) is 42.8 Å². The summed E-state index contributed by atoms with van der Waals surface area (Å²) in [5.74, 6) is 0.0832. The first-order valence-electron chi connectivity index (χ1n) is 8.71. The normalized spacial score (nSPS) is 11.0. The van der Waals surface area contributed by atoms with Crippen LogP contribution in [0.1, 0.15) is 12.6 Å². The summed E-state index contributed by atoms with van der Waals surface area (Å²) >= 11 is 6.08. The van der Waals surface area contributed by atoms with Crippen LogP contribution < -0.4 is 21.3 Å². The fourth-order valence-corrected chi connectivity index (χ4v) is 3.41. The van der Waals surface area contributed by atoms with E-state index in [4.69, 9.17) is 16.3 Å². The van der Waals surface area contributed by atoms with E-state index in [2.05, 4.69) is 5.32 Å². The Hall–Kier alpha value is -3.00. The zero-order chi connectivity index (χ0) is 20.6. The summed E-state index contributed by atoms with van der Waals surface area (Å²) in [4.78, 5) is 38.0. The largest absolute Gasteiger partial charge is 0.495 e. The Labute approximate surface area is 165 Å². The second-order valence-electron chi connectivity index (χ2n) is 6.39. The van der Waals surface area contributed by atoms with Crippen LogP contribution in [0.15, 0.2) is 33.9 Å². The van der Waals surface area contributed by atoms with Crippen molar-refractivity contribution in [2.75, 3.05) is 12.4 Å². The molecule has 148 valence electrons. The van der Waals surface area contributed by atoms with Crippen LogP contribution in [0.3, 0.4) is 0 Å². The van der Waals surface area contributed by atoms with Crippen LogP contribution in [0.5, 0.6) is 5.75 Å². The van der Waals surface area contributed by atoms with Crippen LogP contribution in [-0.4, -0.2) is 26.7 Å². The molecule has 0 spiro atoms. The second kappa shape index (κ2) is 7.55. The van der Waals surface area contributed by atoms with Gasteiger partial charge in [0.15, 0.2) is 0 Å². The minimum absolute atomic E-state index is 0.216. The molecule has 9 heteroatoms. The zero-order valence-electron chi connectivity index (χ0n) is 16.1. The molecule has 28 heavy (non-hydrogen) atoms. The number of aryl methyl sites for hydroxylation is 2. The summed E-state index contributed by atoms with van der Waals surface area (Å²) in [6.07, 6.45) is 0. The fourth-order valence-electron chi connectivity index (χ4n) is 3.15. The van der Waals surface area contributed by atoms with Crippen molar-refractivity contribution in [3.63, 3.8) is 0 Å². The number of anilines is 1. The van der Waals surface area contributed by atoms with E-state index >= 15 is 0 Å². The van der Waals surface area contributed by atoms with Crippen LogP contribution in [-0.2, 0) is 24.9 Å². The smallest absolute Gasteiger partial charge is 0.332 e. The van der Waals surface area contributed by atoms with Gasteiger partial charge >= 0.3 is 5.69 Å². The molecule has 0 saturated heterocycles. The van der Waals surface area contributed by atoms with E-state index < -0.39 is 11.6 Å². The van der Waals surface area contributed by atoms with Gasteiger partial charge in [0.1, 0.15) is 17.8 Å². The van der Waals surface area contributed by atoms with Crippen molar-refractivity contribution in [3.05, 3.63) is 55.8 Å². The van der Waals surface area contributed by atoms with Crippen molar-refractivity contribution in [1.29, 1.82) is 0 Å². The molecule has 0 bridgehead atoms. The Bertz CT molecular complexity index is 1190. The molecule has 3 aromatic rings. The van der Waals surface area contributed by atoms with E-state index in [0.29, 0.717) is 27.5 Å². The molecule has 2 heterocycles. The lowest BCUT2D eigenvalue weighted by atomic mass is 10.3. The van der Waals surface area contributed by atoms with Crippen LogP contribution in [0.4, 0.5) is 5.69 Å². The van der Waals surface area contributed by atoms with Crippen molar-refractivity contribution in [2.24, 2.45) is 7.05 Å². The predicted octanol–water partition coefficient (Wildman–Crippen LogP) is 2.13. The maximum absolute atomic E-state index is 12.8. The highest BCUT2D eigenvalue weighted by Crippen LogP contribution is 2.27. The summed E-state index contributed by atoms with van der Waals surface area (Å²) < 4.78 is 9.25. The highest BCUT2D eigenvalue weighted by atomic mass is 35.5. The number of methoxy groups -OCH3 is 1. The first-order chi connectivity index (χ1) is 13.3. The summed E-state index contributed by atoms with van der Waals surface area (Å²) in [5.41, 5.74) is 1.23. The number of nitrogens with one attached hydrogen (secondary N) is 1. The number of rotatable bonds is 5. The minimum Gasteiger partial charge on any atom is -0.495 e. The third-order valence-corrected chi connectivity index (χ3v) is 5.00. The molecule has 2 aromatic heterocycles. The van der Waals surface area contributed by atoms with Gasteiger partial charge in [-0.3, -0.25) is 18.7 Å². The molecule has 0 aliphatic carbocycles. The molecule has 0 aliphatic heterocycles. The standard InChI is InChI=1S/C19H21ClN4O4/c1-5-23-18(26)17-14(8-11(2)22(17)3)24(19(23)27)10-16(25)21-12-6-7-15(28-4)13(20)9-12/h6-9H,5,10H2,1-4H3,(H,21,25). The zero-order valence-corrected chi connectivity index (χ0v) is 16.8. The van der Waals surface area contributed by atoms with Crippen molar-refractivity contribution < 1.29 is 9.53 Å². The topological polar surface area (TPSA) is 87.3 Å². The van der Waals surface area contributed by atoms with Crippen LogP contribution in [0.2, 0.25) is 5.02 Å². The number of carbonyl (C=O) groups excluding carboxylic acids is 1. The molecule has 0 unspecified atom stereocenters. The average molecular weight is 405 g/mol. The summed E-state index contributed by atoms with van der Waals surface area (Å²) in [6.45, 7) is 3.54. The van der Waals surface area contributed by atoms with Crippen molar-refractivity contribution >= 4 is 34.2 Å². The lowest BCUT2D eigenvalue weighted by molar-refractivity contribution is -0.116. The molecule has 1 amide bonds. The Morgan fingerprint density at radius 2 is 1.93 bits per heavy atom. The molecular weight excluding hydrogens is 384 g/mol. The van der Waals surface area contributed by atoms with E-state index in [1.807, 2.05) is 6.92 Å². The number of fused-ring (bicyclic) bond motifs is 1. The van der Waals surface area contributed by atoms with Gasteiger partial charge in [0.05, 0.1) is 17.6 Å². The summed E-state index contributed by atoms with van der Waals surface area (Å²) in [7, 11) is 3.26. The van der Waals surface area contributed by atoms with Gasteiger partial charge in [-0.1, -0.05) is 11.6 Å². The average Bonchev–Trinajstić information content (AvgIpc) is 2.94. The van der Waals surface area contributed by atoms with Gasteiger partial charge in [0.2, 0.25) is 5.91 Å². The van der Waals surface area contributed by atoms with Crippen molar-refractivity contribution in [3.8, 4) is 5.75 Å². The SMILES string of the molecule is CCn1c(=O)c2c(cc(C)n2C)n(CC(=O)Nc2ccc(OC)c(Cl)c2)c1=O. The number of amides is 1. The lowest BCUT2D eigenvalue weighted by Crippen LogP contribution is -2.41. The maximum Gasteiger partial charge on any atom is 0.332 e. The monoisotopic (exact) mass is 404 g/mol. The molecule has 8 nitrogen and oxygen atoms in total. The van der Waals surface area contributed by atoms with E-state index in [9.17, 15) is 14.4 Å². The Morgan fingerprint density at radius 3 is 2.54 bits per heavy atom. The van der Waals surface area contributed by atoms with Gasteiger partial charge in [-0.15, -0.1) is 0 Å².